The molecule has 0 unspecified atom stereocenters. The summed E-state index contributed by atoms with van der Waals surface area (Å²) >= 11 is 0. The predicted octanol–water partition coefficient (Wildman–Crippen LogP) is 1.59. The zero-order valence-electron chi connectivity index (χ0n) is 6.28. The van der Waals surface area contributed by atoms with E-state index >= 15 is 0 Å². The zero-order chi connectivity index (χ0) is 7.65. The second kappa shape index (κ2) is 2.60. The van der Waals surface area contributed by atoms with Gasteiger partial charge >= 0.3 is 0 Å². The first kappa shape index (κ1) is 8.82. The van der Waals surface area contributed by atoms with Gasteiger partial charge in [0, 0.05) is 0 Å². The van der Waals surface area contributed by atoms with Gasteiger partial charge in [-0.1, -0.05) is 0 Å². The molecular weight excluding hydrogens is 124 g/mol. The Morgan fingerprint density at radius 2 is 1.56 bits per heavy atom. The van der Waals surface area contributed by atoms with Crippen LogP contribution in [-0.2, 0) is 0 Å². The Bertz CT molecular complexity index is 79.1. The molecule has 0 aliphatic heterocycles. The Hall–Kier alpha value is -0.180. The van der Waals surface area contributed by atoms with Gasteiger partial charge in [-0.2, -0.15) is 0 Å². The minimum absolute atomic E-state index is 1.00. The van der Waals surface area contributed by atoms with Crippen molar-refractivity contribution in [2.75, 3.05) is 14.1 Å². The highest BCUT2D eigenvalue weighted by atomic mass is 19.3. The Morgan fingerprint density at radius 3 is 1.56 bits per heavy atom. The van der Waals surface area contributed by atoms with E-state index in [0.29, 0.717) is 0 Å². The van der Waals surface area contributed by atoms with E-state index in [1.54, 1.807) is 14.1 Å². The lowest BCUT2D eigenvalue weighted by atomic mass is 10.1. The summed E-state index contributed by atoms with van der Waals surface area (Å²) in [5.74, 6) is 0. The zero-order valence-corrected chi connectivity index (χ0v) is 6.28. The van der Waals surface area contributed by atoms with Gasteiger partial charge in [-0.15, -0.1) is 0 Å². The quantitative estimate of drug-likeness (QED) is 0.558. The molecule has 1 nitrogen and oxygen atoms in total. The summed E-state index contributed by atoms with van der Waals surface area (Å²) in [6.45, 7) is 3.02. The molecule has 3 heteroatoms. The molecule has 0 amide bonds. The molecule has 0 aliphatic rings. The lowest BCUT2D eigenvalue weighted by Crippen LogP contribution is -2.44. The Labute approximate surface area is 54.7 Å². The first-order valence-corrected chi connectivity index (χ1v) is 2.84. The molecule has 0 aromatic heterocycles. The number of hydrogen-bond acceptors (Lipinski definition) is 1. The SMILES string of the molecule is CN(C)C(C)(C)C(F)F. The fourth-order valence-corrected chi connectivity index (χ4v) is 0.195. The molecule has 0 spiro atoms. The highest BCUT2D eigenvalue weighted by Crippen LogP contribution is 2.18. The highest BCUT2D eigenvalue weighted by Gasteiger charge is 2.31. The van der Waals surface area contributed by atoms with E-state index < -0.39 is 12.0 Å². The van der Waals surface area contributed by atoms with Crippen LogP contribution >= 0.6 is 0 Å². The van der Waals surface area contributed by atoms with Gasteiger partial charge in [0.25, 0.3) is 6.43 Å². The smallest absolute Gasteiger partial charge is 0.256 e. The topological polar surface area (TPSA) is 3.24 Å². The Balaban J connectivity index is 4.01. The molecule has 0 fully saturated rings. The molecule has 0 saturated heterocycles. The van der Waals surface area contributed by atoms with Gasteiger partial charge in [0.1, 0.15) is 0 Å². The van der Waals surface area contributed by atoms with Crippen LogP contribution in [0.2, 0.25) is 0 Å². The maximum absolute atomic E-state index is 12.0. The third-order valence-corrected chi connectivity index (χ3v) is 1.69. The average molecular weight is 137 g/mol. The summed E-state index contributed by atoms with van der Waals surface area (Å²) in [6, 6.07) is 0. The number of halogens is 2. The maximum atomic E-state index is 12.0. The molecule has 0 aromatic rings. The van der Waals surface area contributed by atoms with Crippen LogP contribution in [0, 0.1) is 0 Å². The molecule has 0 rings (SSSR count). The van der Waals surface area contributed by atoms with E-state index in [-0.39, 0.29) is 0 Å². The molecule has 0 bridgehead atoms. The summed E-state index contributed by atoms with van der Waals surface area (Å²) < 4.78 is 24.0. The third-order valence-electron chi connectivity index (χ3n) is 1.69. The van der Waals surface area contributed by atoms with Crippen LogP contribution in [0.4, 0.5) is 8.78 Å². The normalized spacial score (nSPS) is 13.3. The largest absolute Gasteiger partial charge is 0.299 e. The predicted molar refractivity (Wildman–Crippen MR) is 33.8 cm³/mol. The lowest BCUT2D eigenvalue weighted by molar-refractivity contribution is -0.00768. The van der Waals surface area contributed by atoms with E-state index in [1.165, 1.54) is 18.7 Å². The minimum atomic E-state index is -2.28. The number of alkyl halides is 2. The van der Waals surface area contributed by atoms with Crippen LogP contribution < -0.4 is 0 Å². The Kier molecular flexibility index (Phi) is 2.55. The van der Waals surface area contributed by atoms with Crippen molar-refractivity contribution >= 4 is 0 Å². The van der Waals surface area contributed by atoms with Gasteiger partial charge in [0.15, 0.2) is 0 Å². The van der Waals surface area contributed by atoms with Crippen LogP contribution in [0.15, 0.2) is 0 Å². The fraction of sp³-hybridized carbons (Fsp3) is 1.00. The standard InChI is InChI=1S/C6H13F2N/c1-6(2,5(7)8)9(3)4/h5H,1-4H3. The lowest BCUT2D eigenvalue weighted by Gasteiger charge is -2.31. The van der Waals surface area contributed by atoms with E-state index in [4.69, 9.17) is 0 Å². The molecule has 9 heavy (non-hydrogen) atoms. The highest BCUT2D eigenvalue weighted by molar-refractivity contribution is 4.79. The van der Waals surface area contributed by atoms with E-state index in [0.717, 1.165) is 0 Å². The monoisotopic (exact) mass is 137 g/mol. The van der Waals surface area contributed by atoms with Crippen molar-refractivity contribution in [1.82, 2.24) is 4.90 Å². The molecule has 0 N–H and O–H groups in total. The molecule has 0 radical (unpaired) electrons. The van der Waals surface area contributed by atoms with Gasteiger partial charge in [0.05, 0.1) is 5.54 Å². The summed E-state index contributed by atoms with van der Waals surface area (Å²) in [5.41, 5.74) is -1.00. The molecule has 0 saturated carbocycles. The minimum Gasteiger partial charge on any atom is -0.299 e. The van der Waals surface area contributed by atoms with Crippen LogP contribution in [0.25, 0.3) is 0 Å². The van der Waals surface area contributed by atoms with Gasteiger partial charge in [0.2, 0.25) is 0 Å². The van der Waals surface area contributed by atoms with Crippen molar-refractivity contribution in [3.8, 4) is 0 Å². The van der Waals surface area contributed by atoms with Gasteiger partial charge in [-0.05, 0) is 27.9 Å². The molecule has 0 aliphatic carbocycles. The molecule has 0 atom stereocenters. The van der Waals surface area contributed by atoms with Crippen LogP contribution in [0.1, 0.15) is 13.8 Å². The van der Waals surface area contributed by atoms with Crippen molar-refractivity contribution in [3.63, 3.8) is 0 Å². The van der Waals surface area contributed by atoms with Gasteiger partial charge in [-0.3, -0.25) is 4.90 Å². The Morgan fingerprint density at radius 1 is 1.22 bits per heavy atom. The van der Waals surface area contributed by atoms with Crippen molar-refractivity contribution in [2.24, 2.45) is 0 Å². The van der Waals surface area contributed by atoms with Crippen LogP contribution in [0.5, 0.6) is 0 Å². The molecular formula is C6H13F2N. The van der Waals surface area contributed by atoms with Crippen LogP contribution in [-0.4, -0.2) is 31.0 Å². The van der Waals surface area contributed by atoms with Gasteiger partial charge < -0.3 is 0 Å². The van der Waals surface area contributed by atoms with E-state index in [1.807, 2.05) is 0 Å². The fourth-order valence-electron chi connectivity index (χ4n) is 0.195. The van der Waals surface area contributed by atoms with E-state index in [2.05, 4.69) is 0 Å². The summed E-state index contributed by atoms with van der Waals surface area (Å²) in [7, 11) is 3.29. The van der Waals surface area contributed by atoms with Gasteiger partial charge in [-0.25, -0.2) is 8.78 Å². The number of nitrogens with zero attached hydrogens (tertiary/aromatic N) is 1. The average Bonchev–Trinajstić information content (AvgIpc) is 1.65. The summed E-state index contributed by atoms with van der Waals surface area (Å²) in [4.78, 5) is 1.51. The molecule has 56 valence electrons. The first-order chi connectivity index (χ1) is 3.89. The molecule has 0 aromatic carbocycles. The van der Waals surface area contributed by atoms with Crippen molar-refractivity contribution in [2.45, 2.75) is 25.8 Å². The maximum Gasteiger partial charge on any atom is 0.256 e. The second-order valence-electron chi connectivity index (χ2n) is 2.85. The number of hydrogen-bond donors (Lipinski definition) is 0. The van der Waals surface area contributed by atoms with Crippen molar-refractivity contribution in [3.05, 3.63) is 0 Å². The number of rotatable bonds is 2. The van der Waals surface area contributed by atoms with E-state index in [9.17, 15) is 8.78 Å². The second-order valence-corrected chi connectivity index (χ2v) is 2.85. The first-order valence-electron chi connectivity index (χ1n) is 2.84. The summed E-state index contributed by atoms with van der Waals surface area (Å²) in [5, 5.41) is 0. The van der Waals surface area contributed by atoms with Crippen molar-refractivity contribution in [1.29, 1.82) is 0 Å². The van der Waals surface area contributed by atoms with Crippen molar-refractivity contribution < 1.29 is 8.78 Å². The molecule has 0 heterocycles. The third kappa shape index (κ3) is 1.90. The summed E-state index contributed by atoms with van der Waals surface area (Å²) in [6.07, 6.45) is -2.28. The van der Waals surface area contributed by atoms with Crippen LogP contribution in [0.3, 0.4) is 0 Å².